The van der Waals surface area contributed by atoms with Gasteiger partial charge in [-0.1, -0.05) is 25.0 Å². The van der Waals surface area contributed by atoms with Crippen LogP contribution in [0.5, 0.6) is 0 Å². The molecule has 2 fully saturated rings. The summed E-state index contributed by atoms with van der Waals surface area (Å²) in [5, 5.41) is 3.75. The van der Waals surface area contributed by atoms with E-state index in [9.17, 15) is 9.59 Å². The summed E-state index contributed by atoms with van der Waals surface area (Å²) in [4.78, 5) is 27.2. The highest BCUT2D eigenvalue weighted by Crippen LogP contribution is 2.34. The third-order valence-corrected chi connectivity index (χ3v) is 5.06. The molecule has 6 heteroatoms. The van der Waals surface area contributed by atoms with Gasteiger partial charge in [0.1, 0.15) is 11.3 Å². The van der Waals surface area contributed by atoms with Gasteiger partial charge in [0.05, 0.1) is 13.2 Å². The van der Waals surface area contributed by atoms with Crippen molar-refractivity contribution in [3.8, 4) is 0 Å². The lowest BCUT2D eigenvalue weighted by atomic mass is 10.1. The molecule has 2 amide bonds. The maximum Gasteiger partial charge on any atom is 0.291 e. The molecule has 1 N–H and O–H groups in total. The number of nitrogens with zero attached hydrogens (tertiary/aromatic N) is 1. The second-order valence-electron chi connectivity index (χ2n) is 6.68. The fraction of sp³-hybridized carbons (Fsp3) is 0.474. The molecule has 2 heterocycles. The Bertz CT molecular complexity index is 786. The first-order valence-corrected chi connectivity index (χ1v) is 8.93. The van der Waals surface area contributed by atoms with Crippen LogP contribution < -0.4 is 5.32 Å². The van der Waals surface area contributed by atoms with Gasteiger partial charge in [0.2, 0.25) is 11.7 Å². The van der Waals surface area contributed by atoms with E-state index in [0.717, 1.165) is 31.1 Å². The van der Waals surface area contributed by atoms with Crippen LogP contribution in [0.3, 0.4) is 0 Å². The largest absolute Gasteiger partial charge is 0.449 e. The number of morpholine rings is 1. The van der Waals surface area contributed by atoms with E-state index in [4.69, 9.17) is 9.15 Å². The zero-order valence-electron chi connectivity index (χ0n) is 14.1. The quantitative estimate of drug-likeness (QED) is 0.931. The molecule has 4 rings (SSSR count). The van der Waals surface area contributed by atoms with Gasteiger partial charge < -0.3 is 19.4 Å². The van der Waals surface area contributed by atoms with Gasteiger partial charge in [-0.05, 0) is 25.0 Å². The molecule has 0 atom stereocenters. The lowest BCUT2D eigenvalue weighted by Crippen LogP contribution is -2.40. The molecule has 25 heavy (non-hydrogen) atoms. The van der Waals surface area contributed by atoms with Crippen LogP contribution in [0.15, 0.2) is 28.7 Å². The van der Waals surface area contributed by atoms with Crippen molar-refractivity contribution in [3.05, 3.63) is 30.0 Å². The lowest BCUT2D eigenvalue weighted by molar-refractivity contribution is -0.119. The Kier molecular flexibility index (Phi) is 4.44. The van der Waals surface area contributed by atoms with Crippen LogP contribution in [-0.2, 0) is 9.53 Å². The molecule has 2 aromatic rings. The SMILES string of the molecule is O=C(Nc1c(C(=O)N2CCOCC2)oc2ccccc12)C1CCCC1. The summed E-state index contributed by atoms with van der Waals surface area (Å²) in [6.45, 7) is 2.11. The number of furan rings is 1. The summed E-state index contributed by atoms with van der Waals surface area (Å²) in [5.74, 6) is 0.0377. The normalized spacial score (nSPS) is 18.6. The van der Waals surface area contributed by atoms with E-state index >= 15 is 0 Å². The predicted octanol–water partition coefficient (Wildman–Crippen LogP) is 3.03. The summed E-state index contributed by atoms with van der Waals surface area (Å²) in [6, 6.07) is 7.43. The number of rotatable bonds is 3. The fourth-order valence-corrected chi connectivity index (χ4v) is 3.64. The molecule has 0 radical (unpaired) electrons. The van der Waals surface area contributed by atoms with Crippen molar-refractivity contribution >= 4 is 28.5 Å². The maximum absolute atomic E-state index is 12.9. The summed E-state index contributed by atoms with van der Waals surface area (Å²) in [5.41, 5.74) is 1.12. The zero-order chi connectivity index (χ0) is 17.2. The number of para-hydroxylation sites is 1. The van der Waals surface area contributed by atoms with E-state index in [-0.39, 0.29) is 23.5 Å². The predicted molar refractivity (Wildman–Crippen MR) is 93.5 cm³/mol. The summed E-state index contributed by atoms with van der Waals surface area (Å²) < 4.78 is 11.1. The average Bonchev–Trinajstić information content (AvgIpc) is 3.30. The van der Waals surface area contributed by atoms with Gasteiger partial charge >= 0.3 is 0 Å². The third-order valence-electron chi connectivity index (χ3n) is 5.06. The molecule has 1 aliphatic carbocycles. The van der Waals surface area contributed by atoms with Crippen molar-refractivity contribution in [2.75, 3.05) is 31.6 Å². The van der Waals surface area contributed by atoms with Crippen molar-refractivity contribution in [1.82, 2.24) is 4.90 Å². The van der Waals surface area contributed by atoms with Gasteiger partial charge in [0.25, 0.3) is 5.91 Å². The highest BCUT2D eigenvalue weighted by atomic mass is 16.5. The Balaban J connectivity index is 1.67. The molecule has 1 saturated heterocycles. The van der Waals surface area contributed by atoms with Gasteiger partial charge in [-0.2, -0.15) is 0 Å². The van der Waals surface area contributed by atoms with E-state index in [2.05, 4.69) is 5.32 Å². The number of hydrogen-bond acceptors (Lipinski definition) is 4. The van der Waals surface area contributed by atoms with Gasteiger partial charge in [0.15, 0.2) is 0 Å². The molecular formula is C19H22N2O4. The number of carbonyl (C=O) groups is 2. The second kappa shape index (κ2) is 6.88. The van der Waals surface area contributed by atoms with Crippen LogP contribution in [-0.4, -0.2) is 43.0 Å². The molecule has 6 nitrogen and oxygen atoms in total. The van der Waals surface area contributed by atoms with E-state index < -0.39 is 0 Å². The molecule has 1 aromatic carbocycles. The number of nitrogens with one attached hydrogen (secondary N) is 1. The van der Waals surface area contributed by atoms with Crippen LogP contribution in [0.1, 0.15) is 36.2 Å². The number of fused-ring (bicyclic) bond motifs is 1. The molecule has 0 bridgehead atoms. The number of anilines is 1. The van der Waals surface area contributed by atoms with Crippen LogP contribution in [0.25, 0.3) is 11.0 Å². The summed E-state index contributed by atoms with van der Waals surface area (Å²) in [7, 11) is 0. The average molecular weight is 342 g/mol. The molecule has 1 saturated carbocycles. The highest BCUT2D eigenvalue weighted by molar-refractivity contribution is 6.11. The minimum atomic E-state index is -0.193. The highest BCUT2D eigenvalue weighted by Gasteiger charge is 2.29. The molecule has 1 aliphatic heterocycles. The minimum Gasteiger partial charge on any atom is -0.449 e. The first kappa shape index (κ1) is 16.1. The van der Waals surface area contributed by atoms with Gasteiger partial charge in [-0.3, -0.25) is 9.59 Å². The Morgan fingerprint density at radius 1 is 1.08 bits per heavy atom. The maximum atomic E-state index is 12.9. The minimum absolute atomic E-state index is 0.0138. The lowest BCUT2D eigenvalue weighted by Gasteiger charge is -2.26. The van der Waals surface area contributed by atoms with Crippen molar-refractivity contribution in [2.45, 2.75) is 25.7 Å². The summed E-state index contributed by atoms with van der Waals surface area (Å²) in [6.07, 6.45) is 4.00. The van der Waals surface area contributed by atoms with Crippen LogP contribution in [0.2, 0.25) is 0 Å². The Hall–Kier alpha value is -2.34. The summed E-state index contributed by atoms with van der Waals surface area (Å²) >= 11 is 0. The fourth-order valence-electron chi connectivity index (χ4n) is 3.64. The number of benzene rings is 1. The Morgan fingerprint density at radius 3 is 2.56 bits per heavy atom. The molecule has 2 aliphatic rings. The smallest absolute Gasteiger partial charge is 0.291 e. The number of ether oxygens (including phenoxy) is 1. The topological polar surface area (TPSA) is 71.8 Å². The van der Waals surface area contributed by atoms with E-state index in [1.54, 1.807) is 4.90 Å². The Labute approximate surface area is 146 Å². The second-order valence-corrected chi connectivity index (χ2v) is 6.68. The molecule has 0 spiro atoms. The van der Waals surface area contributed by atoms with Crippen molar-refractivity contribution in [3.63, 3.8) is 0 Å². The van der Waals surface area contributed by atoms with E-state index in [1.807, 2.05) is 24.3 Å². The zero-order valence-corrected chi connectivity index (χ0v) is 14.1. The van der Waals surface area contributed by atoms with Crippen LogP contribution >= 0.6 is 0 Å². The van der Waals surface area contributed by atoms with Crippen molar-refractivity contribution < 1.29 is 18.7 Å². The monoisotopic (exact) mass is 342 g/mol. The molecule has 1 aromatic heterocycles. The van der Waals surface area contributed by atoms with E-state index in [1.165, 1.54) is 0 Å². The van der Waals surface area contributed by atoms with Gasteiger partial charge in [-0.15, -0.1) is 0 Å². The number of amides is 2. The van der Waals surface area contributed by atoms with Crippen LogP contribution in [0, 0.1) is 5.92 Å². The van der Waals surface area contributed by atoms with E-state index in [0.29, 0.717) is 37.6 Å². The standard InChI is InChI=1S/C19H22N2O4/c22-18(13-5-1-2-6-13)20-16-14-7-3-4-8-15(14)25-17(16)19(23)21-9-11-24-12-10-21/h3-4,7-8,13H,1-2,5-6,9-12H2,(H,20,22). The molecule has 132 valence electrons. The van der Waals surface area contributed by atoms with Crippen LogP contribution in [0.4, 0.5) is 5.69 Å². The molecular weight excluding hydrogens is 320 g/mol. The van der Waals surface area contributed by atoms with Gasteiger partial charge in [0, 0.05) is 24.4 Å². The third kappa shape index (κ3) is 3.14. The molecule has 0 unspecified atom stereocenters. The first-order valence-electron chi connectivity index (χ1n) is 8.93. The van der Waals surface area contributed by atoms with Gasteiger partial charge in [-0.25, -0.2) is 0 Å². The van der Waals surface area contributed by atoms with Crippen molar-refractivity contribution in [2.24, 2.45) is 5.92 Å². The first-order chi connectivity index (χ1) is 12.2. The number of carbonyl (C=O) groups excluding carboxylic acids is 2. The Morgan fingerprint density at radius 2 is 1.80 bits per heavy atom. The van der Waals surface area contributed by atoms with Crippen molar-refractivity contribution in [1.29, 1.82) is 0 Å². The number of hydrogen-bond donors (Lipinski definition) is 1.